The molecule has 4 rings (SSSR count). The van der Waals surface area contributed by atoms with Crippen molar-refractivity contribution in [3.8, 4) is 0 Å². The molecule has 0 heterocycles. The molecule has 0 saturated carbocycles. The zero-order valence-corrected chi connectivity index (χ0v) is 11.4. The van der Waals surface area contributed by atoms with E-state index in [-0.39, 0.29) is 28.0 Å². The minimum absolute atomic E-state index is 0.104. The highest BCUT2D eigenvalue weighted by Gasteiger charge is 2.46. The first-order valence-electron chi connectivity index (χ1n) is 6.86. The summed E-state index contributed by atoms with van der Waals surface area (Å²) in [6, 6.07) is 12.9. The van der Waals surface area contributed by atoms with E-state index in [0.717, 1.165) is 0 Å². The Balaban J connectivity index is 2.07. The number of carbonyl (C=O) groups is 3. The molecule has 0 bridgehead atoms. The van der Waals surface area contributed by atoms with Crippen molar-refractivity contribution in [1.29, 1.82) is 0 Å². The van der Waals surface area contributed by atoms with Crippen LogP contribution in [0.1, 0.15) is 36.6 Å². The van der Waals surface area contributed by atoms with Gasteiger partial charge in [-0.25, -0.2) is 0 Å². The fourth-order valence-corrected chi connectivity index (χ4v) is 3.16. The molecular weight excluding hydrogens is 280 g/mol. The lowest BCUT2D eigenvalue weighted by Gasteiger charge is -2.29. The van der Waals surface area contributed by atoms with E-state index in [1.165, 1.54) is 12.1 Å². The van der Waals surface area contributed by atoms with Crippen LogP contribution in [0.4, 0.5) is 0 Å². The third kappa shape index (κ3) is 1.44. The van der Waals surface area contributed by atoms with Gasteiger partial charge in [-0.05, 0) is 0 Å². The maximum absolute atomic E-state index is 12.6. The molecule has 0 amide bonds. The largest absolute Gasteiger partial charge is 0.507 e. The number of hydrogen-bond donors (Lipinski definition) is 1. The average molecular weight is 290 g/mol. The molecule has 0 aromatic heterocycles. The van der Waals surface area contributed by atoms with Crippen LogP contribution in [-0.2, 0) is 0 Å². The van der Waals surface area contributed by atoms with Crippen molar-refractivity contribution < 1.29 is 19.5 Å². The maximum atomic E-state index is 12.6. The fraction of sp³-hybridized carbons (Fsp3) is 0.0556. The van der Waals surface area contributed by atoms with Crippen molar-refractivity contribution in [3.63, 3.8) is 0 Å². The highest BCUT2D eigenvalue weighted by atomic mass is 16.3. The molecule has 22 heavy (non-hydrogen) atoms. The third-order valence-electron chi connectivity index (χ3n) is 4.20. The first-order valence-corrected chi connectivity index (χ1v) is 6.86. The Morgan fingerprint density at radius 2 is 1.14 bits per heavy atom. The summed E-state index contributed by atoms with van der Waals surface area (Å²) >= 11 is 0. The summed E-state index contributed by atoms with van der Waals surface area (Å²) in [7, 11) is 0. The molecule has 2 aliphatic carbocycles. The number of aliphatic hydroxyl groups is 1. The van der Waals surface area contributed by atoms with E-state index in [1.54, 1.807) is 36.4 Å². The van der Waals surface area contributed by atoms with Gasteiger partial charge in [0.2, 0.25) is 0 Å². The minimum Gasteiger partial charge on any atom is -0.507 e. The molecule has 0 radical (unpaired) electrons. The number of aliphatic hydroxyl groups excluding tert-OH is 1. The Hall–Kier alpha value is -3.01. The van der Waals surface area contributed by atoms with E-state index in [2.05, 4.69) is 0 Å². The Morgan fingerprint density at radius 3 is 1.73 bits per heavy atom. The molecular formula is C18H10O4. The topological polar surface area (TPSA) is 71.4 Å². The zero-order chi connectivity index (χ0) is 15.4. The fourth-order valence-electron chi connectivity index (χ4n) is 3.16. The summed E-state index contributed by atoms with van der Waals surface area (Å²) in [5, 5.41) is 10.4. The zero-order valence-electron chi connectivity index (χ0n) is 11.4. The van der Waals surface area contributed by atoms with Gasteiger partial charge in [-0.2, -0.15) is 0 Å². The minimum atomic E-state index is -1.24. The van der Waals surface area contributed by atoms with Crippen molar-refractivity contribution in [1.82, 2.24) is 0 Å². The number of benzene rings is 2. The van der Waals surface area contributed by atoms with Crippen LogP contribution in [0.25, 0.3) is 5.76 Å². The number of carbonyl (C=O) groups excluding carboxylic acids is 3. The molecule has 0 fully saturated rings. The molecule has 2 aromatic rings. The molecule has 4 nitrogen and oxygen atoms in total. The lowest BCUT2D eigenvalue weighted by atomic mass is 9.70. The van der Waals surface area contributed by atoms with Crippen LogP contribution < -0.4 is 0 Å². The van der Waals surface area contributed by atoms with Crippen LogP contribution in [0.5, 0.6) is 0 Å². The van der Waals surface area contributed by atoms with E-state index < -0.39 is 23.3 Å². The van der Waals surface area contributed by atoms with Crippen molar-refractivity contribution in [2.45, 2.75) is 0 Å². The van der Waals surface area contributed by atoms with Gasteiger partial charge in [0, 0.05) is 22.3 Å². The predicted octanol–water partition coefficient (Wildman–Crippen LogP) is 2.85. The number of ketones is 3. The van der Waals surface area contributed by atoms with E-state index in [9.17, 15) is 19.5 Å². The SMILES string of the molecule is O=C1C2=C(O)c3ccccc3C(=O)[C@H]2C(=O)c2ccccc21. The average Bonchev–Trinajstić information content (AvgIpc) is 2.56. The standard InChI is InChI=1S/C18H10O4/c19-15-9-5-1-2-6-10(9)16(20)14-13(15)17(21)11-7-3-4-8-12(11)18(14)22/h1-8,13,20H/t13-/m0/s1. The maximum Gasteiger partial charge on any atom is 0.194 e. The van der Waals surface area contributed by atoms with E-state index >= 15 is 0 Å². The highest BCUT2D eigenvalue weighted by Crippen LogP contribution is 2.40. The second-order valence-electron chi connectivity index (χ2n) is 5.34. The van der Waals surface area contributed by atoms with Gasteiger partial charge >= 0.3 is 0 Å². The number of Topliss-reactive ketones (excluding diaryl/α,β-unsaturated/α-hetero) is 3. The van der Waals surface area contributed by atoms with Crippen LogP contribution >= 0.6 is 0 Å². The summed E-state index contributed by atoms with van der Waals surface area (Å²) in [6.07, 6.45) is 0. The van der Waals surface area contributed by atoms with Gasteiger partial charge in [0.05, 0.1) is 5.57 Å². The van der Waals surface area contributed by atoms with Crippen molar-refractivity contribution in [2.24, 2.45) is 5.92 Å². The Morgan fingerprint density at radius 1 is 0.682 bits per heavy atom. The van der Waals surface area contributed by atoms with Crippen molar-refractivity contribution in [3.05, 3.63) is 76.4 Å². The van der Waals surface area contributed by atoms with Crippen LogP contribution in [0.15, 0.2) is 54.1 Å². The number of fused-ring (bicyclic) bond motifs is 3. The quantitative estimate of drug-likeness (QED) is 0.757. The Bertz CT molecular complexity index is 905. The predicted molar refractivity (Wildman–Crippen MR) is 78.9 cm³/mol. The summed E-state index contributed by atoms with van der Waals surface area (Å²) in [6.45, 7) is 0. The van der Waals surface area contributed by atoms with E-state index in [4.69, 9.17) is 0 Å². The second kappa shape index (κ2) is 4.24. The number of allylic oxidation sites excluding steroid dienone is 1. The van der Waals surface area contributed by atoms with Gasteiger partial charge in [0.15, 0.2) is 17.3 Å². The van der Waals surface area contributed by atoms with Gasteiger partial charge in [-0.1, -0.05) is 48.5 Å². The van der Waals surface area contributed by atoms with Crippen LogP contribution in [0.2, 0.25) is 0 Å². The summed E-state index contributed by atoms with van der Waals surface area (Å²) in [5.74, 6) is -2.83. The number of hydrogen-bond acceptors (Lipinski definition) is 4. The van der Waals surface area contributed by atoms with Gasteiger partial charge in [-0.15, -0.1) is 0 Å². The van der Waals surface area contributed by atoms with Gasteiger partial charge in [-0.3, -0.25) is 14.4 Å². The molecule has 1 atom stereocenters. The van der Waals surface area contributed by atoms with Crippen LogP contribution in [0, 0.1) is 5.92 Å². The molecule has 0 spiro atoms. The summed E-state index contributed by atoms with van der Waals surface area (Å²) in [4.78, 5) is 37.9. The third-order valence-corrected chi connectivity index (χ3v) is 4.20. The lowest BCUT2D eigenvalue weighted by molar-refractivity contribution is 0.0789. The van der Waals surface area contributed by atoms with E-state index in [1.807, 2.05) is 0 Å². The van der Waals surface area contributed by atoms with Gasteiger partial charge in [0.1, 0.15) is 11.7 Å². The molecule has 4 heteroatoms. The van der Waals surface area contributed by atoms with Gasteiger partial charge < -0.3 is 5.11 Å². The first-order chi connectivity index (χ1) is 10.6. The smallest absolute Gasteiger partial charge is 0.194 e. The highest BCUT2D eigenvalue weighted by molar-refractivity contribution is 6.34. The molecule has 1 N–H and O–H groups in total. The van der Waals surface area contributed by atoms with Gasteiger partial charge in [0.25, 0.3) is 0 Å². The summed E-state index contributed by atoms with van der Waals surface area (Å²) in [5.41, 5.74) is 0.945. The number of rotatable bonds is 0. The molecule has 0 unspecified atom stereocenters. The Labute approximate surface area is 125 Å². The lowest BCUT2D eigenvalue weighted by Crippen LogP contribution is -2.38. The second-order valence-corrected chi connectivity index (χ2v) is 5.34. The first kappa shape index (κ1) is 12.7. The molecule has 106 valence electrons. The van der Waals surface area contributed by atoms with Crippen molar-refractivity contribution in [2.75, 3.05) is 0 Å². The molecule has 0 aliphatic heterocycles. The molecule has 0 saturated heterocycles. The Kier molecular flexibility index (Phi) is 2.45. The van der Waals surface area contributed by atoms with Crippen molar-refractivity contribution >= 4 is 23.1 Å². The van der Waals surface area contributed by atoms with Crippen LogP contribution in [0.3, 0.4) is 0 Å². The van der Waals surface area contributed by atoms with E-state index in [0.29, 0.717) is 5.56 Å². The normalized spacial score (nSPS) is 19.6. The molecule has 2 aliphatic rings. The monoisotopic (exact) mass is 290 g/mol. The summed E-state index contributed by atoms with van der Waals surface area (Å²) < 4.78 is 0. The van der Waals surface area contributed by atoms with Crippen LogP contribution in [-0.4, -0.2) is 22.5 Å². The molecule has 2 aromatic carbocycles.